The second-order valence-corrected chi connectivity index (χ2v) is 5.55. The molecule has 19 heavy (non-hydrogen) atoms. The van der Waals surface area contributed by atoms with Gasteiger partial charge in [-0.15, -0.1) is 0 Å². The van der Waals surface area contributed by atoms with Gasteiger partial charge in [0.05, 0.1) is 18.4 Å². The van der Waals surface area contributed by atoms with Gasteiger partial charge in [-0.25, -0.2) is 4.98 Å². The Hall–Kier alpha value is -1.61. The van der Waals surface area contributed by atoms with Crippen LogP contribution < -0.4 is 5.32 Å². The topological polar surface area (TPSA) is 40.7 Å². The van der Waals surface area contributed by atoms with Crippen molar-refractivity contribution in [2.45, 2.75) is 47.2 Å². The molecule has 102 valence electrons. The van der Waals surface area contributed by atoms with E-state index in [0.29, 0.717) is 6.04 Å². The molecule has 0 unspecified atom stereocenters. The highest BCUT2D eigenvalue weighted by molar-refractivity contribution is 5.67. The molecule has 1 aromatic carbocycles. The average molecular weight is 257 g/mol. The fraction of sp³-hybridized carbons (Fsp3) is 0.438. The maximum atomic E-state index is 4.45. The van der Waals surface area contributed by atoms with Crippen LogP contribution in [0.5, 0.6) is 0 Å². The normalized spacial score (nSPS) is 11.3. The summed E-state index contributed by atoms with van der Waals surface area (Å²) in [6.07, 6.45) is 1.93. The molecule has 0 spiro atoms. The van der Waals surface area contributed by atoms with Crippen LogP contribution in [0.3, 0.4) is 0 Å². The fourth-order valence-corrected chi connectivity index (χ4v) is 2.49. The first-order valence-corrected chi connectivity index (χ1v) is 6.83. The van der Waals surface area contributed by atoms with Gasteiger partial charge >= 0.3 is 0 Å². The molecular weight excluding hydrogens is 234 g/mol. The summed E-state index contributed by atoms with van der Waals surface area (Å²) < 4.78 is 0. The third kappa shape index (κ3) is 3.24. The van der Waals surface area contributed by atoms with Crippen LogP contribution in [-0.2, 0) is 6.54 Å². The fourth-order valence-electron chi connectivity index (χ4n) is 2.49. The third-order valence-electron chi connectivity index (χ3n) is 3.25. The summed E-state index contributed by atoms with van der Waals surface area (Å²) in [4.78, 5) is 7.86. The summed E-state index contributed by atoms with van der Waals surface area (Å²) in [6.45, 7) is 11.5. The summed E-state index contributed by atoms with van der Waals surface area (Å²) in [7, 11) is 0. The van der Waals surface area contributed by atoms with Crippen molar-refractivity contribution in [1.82, 2.24) is 15.3 Å². The Morgan fingerprint density at radius 2 is 1.79 bits per heavy atom. The Kier molecular flexibility index (Phi) is 4.05. The highest BCUT2D eigenvalue weighted by atomic mass is 15.0. The zero-order valence-electron chi connectivity index (χ0n) is 12.5. The number of aromatic nitrogens is 2. The van der Waals surface area contributed by atoms with Crippen molar-refractivity contribution >= 4 is 0 Å². The summed E-state index contributed by atoms with van der Waals surface area (Å²) in [5.74, 6) is 0.989. The Labute approximate surface area is 115 Å². The third-order valence-corrected chi connectivity index (χ3v) is 3.25. The summed E-state index contributed by atoms with van der Waals surface area (Å²) in [5.41, 5.74) is 6.28. The molecule has 0 aliphatic carbocycles. The number of nitrogens with zero attached hydrogens (tertiary/aromatic N) is 1. The minimum absolute atomic E-state index is 0.469. The van der Waals surface area contributed by atoms with Crippen molar-refractivity contribution in [3.63, 3.8) is 0 Å². The molecular formula is C16H23N3. The van der Waals surface area contributed by atoms with Crippen molar-refractivity contribution in [2.75, 3.05) is 0 Å². The van der Waals surface area contributed by atoms with Crippen molar-refractivity contribution < 1.29 is 0 Å². The van der Waals surface area contributed by atoms with Crippen molar-refractivity contribution in [3.05, 3.63) is 40.8 Å². The van der Waals surface area contributed by atoms with E-state index in [0.717, 1.165) is 18.1 Å². The molecule has 1 aromatic heterocycles. The van der Waals surface area contributed by atoms with Crippen molar-refractivity contribution in [3.8, 4) is 11.3 Å². The number of imidazole rings is 1. The molecule has 0 fully saturated rings. The van der Waals surface area contributed by atoms with E-state index in [1.165, 1.54) is 22.3 Å². The number of rotatable bonds is 4. The van der Waals surface area contributed by atoms with Crippen LogP contribution in [0, 0.1) is 20.8 Å². The number of hydrogen-bond acceptors (Lipinski definition) is 2. The first-order chi connectivity index (χ1) is 8.97. The van der Waals surface area contributed by atoms with Crippen LogP contribution in [0.2, 0.25) is 0 Å². The van der Waals surface area contributed by atoms with E-state index in [1.807, 2.05) is 6.20 Å². The van der Waals surface area contributed by atoms with E-state index in [4.69, 9.17) is 0 Å². The Morgan fingerprint density at radius 1 is 1.16 bits per heavy atom. The monoisotopic (exact) mass is 257 g/mol. The summed E-state index contributed by atoms with van der Waals surface area (Å²) >= 11 is 0. The molecule has 0 aliphatic rings. The van der Waals surface area contributed by atoms with Crippen LogP contribution in [0.4, 0.5) is 0 Å². The van der Waals surface area contributed by atoms with Gasteiger partial charge in [-0.3, -0.25) is 0 Å². The number of aromatic amines is 1. The van der Waals surface area contributed by atoms with Crippen molar-refractivity contribution in [2.24, 2.45) is 0 Å². The van der Waals surface area contributed by atoms with Gasteiger partial charge < -0.3 is 10.3 Å². The van der Waals surface area contributed by atoms with E-state index < -0.39 is 0 Å². The van der Waals surface area contributed by atoms with E-state index in [2.05, 4.69) is 62.0 Å². The zero-order chi connectivity index (χ0) is 14.0. The predicted octanol–water partition coefficient (Wildman–Crippen LogP) is 3.50. The molecule has 3 nitrogen and oxygen atoms in total. The van der Waals surface area contributed by atoms with Crippen LogP contribution in [0.25, 0.3) is 11.3 Å². The van der Waals surface area contributed by atoms with E-state index >= 15 is 0 Å². The van der Waals surface area contributed by atoms with Gasteiger partial charge in [-0.2, -0.15) is 0 Å². The molecule has 3 heteroatoms. The molecule has 0 saturated heterocycles. The van der Waals surface area contributed by atoms with Gasteiger partial charge in [0.25, 0.3) is 0 Å². The molecule has 2 N–H and O–H groups in total. The SMILES string of the molecule is Cc1cc(C)c(-c2cnc(CNC(C)C)[nH]2)c(C)c1. The second-order valence-electron chi connectivity index (χ2n) is 5.55. The minimum atomic E-state index is 0.469. The quantitative estimate of drug-likeness (QED) is 0.880. The van der Waals surface area contributed by atoms with E-state index in [1.54, 1.807) is 0 Å². The van der Waals surface area contributed by atoms with Gasteiger partial charge in [0, 0.05) is 11.6 Å². The smallest absolute Gasteiger partial charge is 0.120 e. The molecule has 0 aliphatic heterocycles. The molecule has 2 rings (SSSR count). The number of benzene rings is 1. The lowest BCUT2D eigenvalue weighted by molar-refractivity contribution is 0.575. The van der Waals surface area contributed by atoms with Crippen molar-refractivity contribution in [1.29, 1.82) is 0 Å². The summed E-state index contributed by atoms with van der Waals surface area (Å²) in [5, 5.41) is 3.37. The standard InChI is InChI=1S/C16H23N3/c1-10(2)17-9-15-18-8-14(19-15)16-12(4)6-11(3)7-13(16)5/h6-8,10,17H,9H2,1-5H3,(H,18,19). The minimum Gasteiger partial charge on any atom is -0.341 e. The van der Waals surface area contributed by atoms with Crippen LogP contribution in [-0.4, -0.2) is 16.0 Å². The average Bonchev–Trinajstić information content (AvgIpc) is 2.73. The first kappa shape index (κ1) is 13.8. The highest BCUT2D eigenvalue weighted by Crippen LogP contribution is 2.26. The maximum absolute atomic E-state index is 4.45. The zero-order valence-corrected chi connectivity index (χ0v) is 12.5. The molecule has 0 bridgehead atoms. The van der Waals surface area contributed by atoms with Gasteiger partial charge in [-0.05, 0) is 31.9 Å². The van der Waals surface area contributed by atoms with Gasteiger partial charge in [0.15, 0.2) is 0 Å². The lowest BCUT2D eigenvalue weighted by Gasteiger charge is -2.09. The number of aryl methyl sites for hydroxylation is 3. The lowest BCUT2D eigenvalue weighted by Crippen LogP contribution is -2.22. The van der Waals surface area contributed by atoms with Crippen LogP contribution in [0.15, 0.2) is 18.3 Å². The van der Waals surface area contributed by atoms with Gasteiger partial charge in [-0.1, -0.05) is 31.5 Å². The molecule has 0 atom stereocenters. The van der Waals surface area contributed by atoms with Gasteiger partial charge in [0.1, 0.15) is 5.82 Å². The molecule has 0 saturated carbocycles. The van der Waals surface area contributed by atoms with E-state index in [-0.39, 0.29) is 0 Å². The Bertz CT molecular complexity index is 544. The maximum Gasteiger partial charge on any atom is 0.120 e. The first-order valence-electron chi connectivity index (χ1n) is 6.83. The largest absolute Gasteiger partial charge is 0.341 e. The molecule has 2 aromatic rings. The Morgan fingerprint density at radius 3 is 2.37 bits per heavy atom. The molecule has 1 heterocycles. The van der Waals surface area contributed by atoms with Crippen LogP contribution in [0.1, 0.15) is 36.4 Å². The number of hydrogen-bond donors (Lipinski definition) is 2. The molecule has 0 amide bonds. The summed E-state index contributed by atoms with van der Waals surface area (Å²) in [6, 6.07) is 4.90. The van der Waals surface area contributed by atoms with Crippen LogP contribution >= 0.6 is 0 Å². The second kappa shape index (κ2) is 5.57. The number of H-pyrrole nitrogens is 1. The van der Waals surface area contributed by atoms with Gasteiger partial charge in [0.2, 0.25) is 0 Å². The van der Waals surface area contributed by atoms with E-state index in [9.17, 15) is 0 Å². The Balaban J connectivity index is 2.28. The lowest BCUT2D eigenvalue weighted by atomic mass is 9.98. The molecule has 0 radical (unpaired) electrons. The predicted molar refractivity (Wildman–Crippen MR) is 80.2 cm³/mol. The highest BCUT2D eigenvalue weighted by Gasteiger charge is 2.09. The number of nitrogens with one attached hydrogen (secondary N) is 2.